The van der Waals surface area contributed by atoms with Gasteiger partial charge < -0.3 is 9.47 Å². The maximum atomic E-state index is 4.98. The number of allylic oxidation sites excluding steroid dienone is 1. The molecule has 0 aliphatic heterocycles. The molecule has 0 aromatic heterocycles. The van der Waals surface area contributed by atoms with Crippen LogP contribution in [0, 0.1) is 0 Å². The molecular formula is C6H12O2. The van der Waals surface area contributed by atoms with Crippen molar-refractivity contribution in [3.05, 3.63) is 12.0 Å². The van der Waals surface area contributed by atoms with Gasteiger partial charge >= 0.3 is 0 Å². The second-order valence-corrected chi connectivity index (χ2v) is 1.24. The smallest absolute Gasteiger partial charge is 0.274 e. The molecule has 2 heteroatoms. The lowest BCUT2D eigenvalue weighted by atomic mass is 10.7. The van der Waals surface area contributed by atoms with Gasteiger partial charge in [-0.05, 0) is 19.9 Å². The Morgan fingerprint density at radius 1 is 1.62 bits per heavy atom. The molecular weight excluding hydrogens is 104 g/mol. The summed E-state index contributed by atoms with van der Waals surface area (Å²) in [6, 6.07) is 0. The first-order chi connectivity index (χ1) is 3.85. The third-order valence-corrected chi connectivity index (χ3v) is 0.723. The molecule has 0 aromatic rings. The van der Waals surface area contributed by atoms with Crippen LogP contribution in [0.4, 0.5) is 0 Å². The molecule has 0 amide bonds. The van der Waals surface area contributed by atoms with Gasteiger partial charge in [-0.15, -0.1) is 0 Å². The minimum Gasteiger partial charge on any atom is -0.469 e. The lowest BCUT2D eigenvalue weighted by molar-refractivity contribution is 0.0684. The Kier molecular flexibility index (Phi) is 4.13. The maximum Gasteiger partial charge on any atom is 0.274 e. The van der Waals surface area contributed by atoms with Crippen LogP contribution in [-0.2, 0) is 9.47 Å². The van der Waals surface area contributed by atoms with Crippen LogP contribution < -0.4 is 0 Å². The SMILES string of the molecule is CC=C(OC)OCC. The highest BCUT2D eigenvalue weighted by molar-refractivity contribution is 4.77. The van der Waals surface area contributed by atoms with E-state index in [0.29, 0.717) is 12.6 Å². The lowest BCUT2D eigenvalue weighted by Crippen LogP contribution is -1.92. The summed E-state index contributed by atoms with van der Waals surface area (Å²) in [6.07, 6.45) is 1.78. The van der Waals surface area contributed by atoms with Gasteiger partial charge in [0.05, 0.1) is 13.7 Å². The predicted octanol–water partition coefficient (Wildman–Crippen LogP) is 1.53. The van der Waals surface area contributed by atoms with Gasteiger partial charge in [0, 0.05) is 0 Å². The topological polar surface area (TPSA) is 18.5 Å². The highest BCUT2D eigenvalue weighted by atomic mass is 16.7. The summed E-state index contributed by atoms with van der Waals surface area (Å²) in [7, 11) is 1.59. The van der Waals surface area contributed by atoms with Gasteiger partial charge in [0.25, 0.3) is 5.95 Å². The molecule has 0 aromatic carbocycles. The molecule has 48 valence electrons. The second kappa shape index (κ2) is 4.50. The summed E-state index contributed by atoms with van der Waals surface area (Å²) >= 11 is 0. The molecule has 0 atom stereocenters. The van der Waals surface area contributed by atoms with Crippen molar-refractivity contribution in [3.8, 4) is 0 Å². The Balaban J connectivity index is 3.38. The number of hydrogen-bond acceptors (Lipinski definition) is 2. The van der Waals surface area contributed by atoms with Crippen molar-refractivity contribution in [2.45, 2.75) is 13.8 Å². The van der Waals surface area contributed by atoms with Crippen molar-refractivity contribution >= 4 is 0 Å². The second-order valence-electron chi connectivity index (χ2n) is 1.24. The molecule has 0 N–H and O–H groups in total. The average Bonchev–Trinajstić information content (AvgIpc) is 1.83. The number of hydrogen-bond donors (Lipinski definition) is 0. The van der Waals surface area contributed by atoms with E-state index in [9.17, 15) is 0 Å². The highest BCUT2D eigenvalue weighted by Gasteiger charge is 1.87. The van der Waals surface area contributed by atoms with Gasteiger partial charge in [0.2, 0.25) is 0 Å². The molecule has 0 fully saturated rings. The van der Waals surface area contributed by atoms with E-state index in [-0.39, 0.29) is 0 Å². The van der Waals surface area contributed by atoms with E-state index < -0.39 is 0 Å². The summed E-state index contributed by atoms with van der Waals surface area (Å²) < 4.78 is 9.76. The zero-order chi connectivity index (χ0) is 6.41. The Hall–Kier alpha value is -0.660. The molecule has 8 heavy (non-hydrogen) atoms. The van der Waals surface area contributed by atoms with E-state index in [2.05, 4.69) is 0 Å². The van der Waals surface area contributed by atoms with E-state index in [1.165, 1.54) is 0 Å². The van der Waals surface area contributed by atoms with E-state index in [1.807, 2.05) is 13.8 Å². The summed E-state index contributed by atoms with van der Waals surface area (Å²) in [5, 5.41) is 0. The molecule has 0 saturated heterocycles. The van der Waals surface area contributed by atoms with Crippen LogP contribution >= 0.6 is 0 Å². The van der Waals surface area contributed by atoms with E-state index in [0.717, 1.165) is 0 Å². The summed E-state index contributed by atoms with van der Waals surface area (Å²) in [6.45, 7) is 4.45. The Morgan fingerprint density at radius 2 is 2.25 bits per heavy atom. The van der Waals surface area contributed by atoms with Crippen molar-refractivity contribution < 1.29 is 9.47 Å². The van der Waals surface area contributed by atoms with Crippen LogP contribution in [0.25, 0.3) is 0 Å². The van der Waals surface area contributed by atoms with E-state index in [1.54, 1.807) is 13.2 Å². The van der Waals surface area contributed by atoms with Crippen LogP contribution in [0.1, 0.15) is 13.8 Å². The van der Waals surface area contributed by atoms with Gasteiger partial charge in [-0.2, -0.15) is 0 Å². The zero-order valence-corrected chi connectivity index (χ0v) is 5.60. The van der Waals surface area contributed by atoms with Gasteiger partial charge in [-0.3, -0.25) is 0 Å². The first-order valence-corrected chi connectivity index (χ1v) is 2.68. The largest absolute Gasteiger partial charge is 0.469 e. The Morgan fingerprint density at radius 3 is 2.38 bits per heavy atom. The van der Waals surface area contributed by atoms with Gasteiger partial charge in [-0.25, -0.2) is 0 Å². The lowest BCUT2D eigenvalue weighted by Gasteiger charge is -2.03. The fraction of sp³-hybridized carbons (Fsp3) is 0.667. The predicted molar refractivity (Wildman–Crippen MR) is 32.4 cm³/mol. The van der Waals surface area contributed by atoms with Crippen LogP contribution in [0.3, 0.4) is 0 Å². The first-order valence-electron chi connectivity index (χ1n) is 2.68. The molecule has 0 aliphatic carbocycles. The quantitative estimate of drug-likeness (QED) is 0.520. The Bertz CT molecular complexity index is 76.6. The van der Waals surface area contributed by atoms with Crippen LogP contribution in [0.15, 0.2) is 12.0 Å². The monoisotopic (exact) mass is 116 g/mol. The maximum absolute atomic E-state index is 4.98. The molecule has 0 spiro atoms. The first kappa shape index (κ1) is 7.34. The molecule has 0 rings (SSSR count). The van der Waals surface area contributed by atoms with E-state index >= 15 is 0 Å². The summed E-state index contributed by atoms with van der Waals surface area (Å²) in [5.41, 5.74) is 0. The van der Waals surface area contributed by atoms with Crippen molar-refractivity contribution in [1.82, 2.24) is 0 Å². The summed E-state index contributed by atoms with van der Waals surface area (Å²) in [4.78, 5) is 0. The van der Waals surface area contributed by atoms with Crippen molar-refractivity contribution in [3.63, 3.8) is 0 Å². The third kappa shape index (κ3) is 2.50. The van der Waals surface area contributed by atoms with Gasteiger partial charge in [-0.1, -0.05) is 0 Å². The molecule has 2 nitrogen and oxygen atoms in total. The molecule has 0 bridgehead atoms. The molecule has 0 saturated carbocycles. The normalized spacial score (nSPS) is 11.1. The molecule has 0 heterocycles. The third-order valence-electron chi connectivity index (χ3n) is 0.723. The number of rotatable bonds is 3. The highest BCUT2D eigenvalue weighted by Crippen LogP contribution is 1.94. The average molecular weight is 116 g/mol. The molecule has 0 aliphatic rings. The van der Waals surface area contributed by atoms with E-state index in [4.69, 9.17) is 9.47 Å². The summed E-state index contributed by atoms with van der Waals surface area (Å²) in [5.74, 6) is 0.590. The Labute approximate surface area is 50.1 Å². The zero-order valence-electron chi connectivity index (χ0n) is 5.60. The van der Waals surface area contributed by atoms with Crippen molar-refractivity contribution in [1.29, 1.82) is 0 Å². The molecule has 0 radical (unpaired) electrons. The van der Waals surface area contributed by atoms with Crippen molar-refractivity contribution in [2.75, 3.05) is 13.7 Å². The van der Waals surface area contributed by atoms with Crippen LogP contribution in [-0.4, -0.2) is 13.7 Å². The fourth-order valence-corrected chi connectivity index (χ4v) is 0.402. The standard InChI is InChI=1S/C6H12O2/c1-4-6(7-3)8-5-2/h4H,5H2,1-3H3. The number of methoxy groups -OCH3 is 1. The van der Waals surface area contributed by atoms with Crippen LogP contribution in [0.5, 0.6) is 0 Å². The van der Waals surface area contributed by atoms with Crippen molar-refractivity contribution in [2.24, 2.45) is 0 Å². The van der Waals surface area contributed by atoms with Gasteiger partial charge in [0.15, 0.2) is 0 Å². The molecule has 0 unspecified atom stereocenters. The van der Waals surface area contributed by atoms with Gasteiger partial charge in [0.1, 0.15) is 0 Å². The fourth-order valence-electron chi connectivity index (χ4n) is 0.402. The minimum atomic E-state index is 0.590. The minimum absolute atomic E-state index is 0.590. The van der Waals surface area contributed by atoms with Crippen LogP contribution in [0.2, 0.25) is 0 Å². The number of ether oxygens (including phenoxy) is 2.